The Morgan fingerprint density at radius 1 is 1.45 bits per heavy atom. The maximum atomic E-state index is 11.6. The normalized spacial score (nSPS) is 26.6. The Balaban J connectivity index is 1.86. The van der Waals surface area contributed by atoms with E-state index in [0.29, 0.717) is 0 Å². The number of thiazole rings is 1. The smallest absolute Gasteiger partial charge is 0.311 e. The van der Waals surface area contributed by atoms with Crippen molar-refractivity contribution in [3.63, 3.8) is 0 Å². The third kappa shape index (κ3) is 2.26. The number of hydrogen-bond acceptors (Lipinski definition) is 4. The number of nitrogens with one attached hydrogen (secondary N) is 1. The number of fused-ring (bicyclic) bond motifs is 1. The van der Waals surface area contributed by atoms with Crippen LogP contribution in [0.25, 0.3) is 10.2 Å². The number of benzene rings is 1. The third-order valence-electron chi connectivity index (χ3n) is 4.29. The molecule has 0 radical (unpaired) electrons. The van der Waals surface area contributed by atoms with Gasteiger partial charge in [0, 0.05) is 6.04 Å². The summed E-state index contributed by atoms with van der Waals surface area (Å²) in [5, 5.41) is 13.7. The van der Waals surface area contributed by atoms with E-state index in [1.54, 1.807) is 11.3 Å². The number of aromatic nitrogens is 1. The van der Waals surface area contributed by atoms with Crippen LogP contribution in [0, 0.1) is 5.41 Å². The molecule has 0 aliphatic heterocycles. The molecule has 5 heteroatoms. The van der Waals surface area contributed by atoms with Crippen molar-refractivity contribution < 1.29 is 9.90 Å². The maximum absolute atomic E-state index is 11.6. The molecule has 1 aromatic carbocycles. The molecule has 0 bridgehead atoms. The highest BCUT2D eigenvalue weighted by Gasteiger charge is 2.43. The highest BCUT2D eigenvalue weighted by Crippen LogP contribution is 2.39. The van der Waals surface area contributed by atoms with Crippen molar-refractivity contribution in [1.29, 1.82) is 0 Å². The average Bonchev–Trinajstić information content (AvgIpc) is 2.83. The molecule has 0 spiro atoms. The zero-order valence-corrected chi connectivity index (χ0v) is 12.2. The minimum Gasteiger partial charge on any atom is -0.481 e. The van der Waals surface area contributed by atoms with Crippen LogP contribution in [0.1, 0.15) is 32.6 Å². The Bertz CT molecular complexity index is 607. The van der Waals surface area contributed by atoms with Gasteiger partial charge in [0.15, 0.2) is 5.13 Å². The summed E-state index contributed by atoms with van der Waals surface area (Å²) in [6, 6.07) is 7.93. The van der Waals surface area contributed by atoms with Crippen molar-refractivity contribution in [2.45, 2.75) is 38.6 Å². The van der Waals surface area contributed by atoms with E-state index >= 15 is 0 Å². The SMILES string of the molecule is CC1(C(=O)O)CCCCC1Nc1nc2ccccc2s1. The van der Waals surface area contributed by atoms with Crippen LogP contribution >= 0.6 is 11.3 Å². The fraction of sp³-hybridized carbons (Fsp3) is 0.467. The Hall–Kier alpha value is -1.62. The number of carbonyl (C=O) groups is 1. The summed E-state index contributed by atoms with van der Waals surface area (Å²) >= 11 is 1.59. The van der Waals surface area contributed by atoms with Gasteiger partial charge < -0.3 is 10.4 Å². The molecule has 0 amide bonds. The third-order valence-corrected chi connectivity index (χ3v) is 5.26. The molecular weight excluding hydrogens is 272 g/mol. The topological polar surface area (TPSA) is 62.2 Å². The number of anilines is 1. The van der Waals surface area contributed by atoms with Gasteiger partial charge in [-0.25, -0.2) is 4.98 Å². The van der Waals surface area contributed by atoms with Gasteiger partial charge in [-0.05, 0) is 31.9 Å². The molecule has 1 aliphatic carbocycles. The number of hydrogen-bond donors (Lipinski definition) is 2. The van der Waals surface area contributed by atoms with Crippen molar-refractivity contribution in [1.82, 2.24) is 4.98 Å². The average molecular weight is 290 g/mol. The molecule has 2 unspecified atom stereocenters. The number of nitrogens with zero attached hydrogens (tertiary/aromatic N) is 1. The molecule has 1 heterocycles. The van der Waals surface area contributed by atoms with Crippen molar-refractivity contribution in [3.05, 3.63) is 24.3 Å². The lowest BCUT2D eigenvalue weighted by Gasteiger charge is -2.38. The number of carboxylic acids is 1. The standard InChI is InChI=1S/C15H18N2O2S/c1-15(13(18)19)9-5-4-8-12(15)17-14-16-10-6-2-3-7-11(10)20-14/h2-3,6-7,12H,4-5,8-9H2,1H3,(H,16,17)(H,18,19). The van der Waals surface area contributed by atoms with E-state index in [0.717, 1.165) is 41.0 Å². The van der Waals surface area contributed by atoms with Gasteiger partial charge in [0.25, 0.3) is 0 Å². The van der Waals surface area contributed by atoms with Crippen molar-refractivity contribution in [2.24, 2.45) is 5.41 Å². The second-order valence-corrected chi connectivity index (χ2v) is 6.68. The highest BCUT2D eigenvalue weighted by atomic mass is 32.1. The Morgan fingerprint density at radius 3 is 3.00 bits per heavy atom. The highest BCUT2D eigenvalue weighted by molar-refractivity contribution is 7.22. The summed E-state index contributed by atoms with van der Waals surface area (Å²) in [5.41, 5.74) is 0.267. The zero-order chi connectivity index (χ0) is 14.2. The Labute approximate surface area is 121 Å². The molecule has 1 aromatic heterocycles. The summed E-state index contributed by atoms with van der Waals surface area (Å²) in [5.74, 6) is -0.712. The number of rotatable bonds is 3. The Morgan fingerprint density at radius 2 is 2.25 bits per heavy atom. The van der Waals surface area contributed by atoms with Crippen LogP contribution in [0.5, 0.6) is 0 Å². The summed E-state index contributed by atoms with van der Waals surface area (Å²) in [7, 11) is 0. The van der Waals surface area contributed by atoms with Crippen molar-refractivity contribution >= 4 is 32.7 Å². The second-order valence-electron chi connectivity index (χ2n) is 5.65. The number of aliphatic carboxylic acids is 1. The summed E-state index contributed by atoms with van der Waals surface area (Å²) in [6.07, 6.45) is 3.68. The zero-order valence-electron chi connectivity index (χ0n) is 11.4. The van der Waals surface area contributed by atoms with Gasteiger partial charge >= 0.3 is 5.97 Å². The van der Waals surface area contributed by atoms with Gasteiger partial charge in [-0.15, -0.1) is 0 Å². The van der Waals surface area contributed by atoms with Crippen LogP contribution in [0.4, 0.5) is 5.13 Å². The van der Waals surface area contributed by atoms with Gasteiger partial charge in [0.05, 0.1) is 15.6 Å². The molecule has 2 atom stereocenters. The van der Waals surface area contributed by atoms with Gasteiger partial charge in [-0.3, -0.25) is 4.79 Å². The first-order valence-corrected chi connectivity index (χ1v) is 7.77. The predicted octanol–water partition coefficient (Wildman–Crippen LogP) is 3.74. The minimum absolute atomic E-state index is 0.0469. The molecule has 4 nitrogen and oxygen atoms in total. The van der Waals surface area contributed by atoms with Crippen LogP contribution in [0.3, 0.4) is 0 Å². The first-order chi connectivity index (χ1) is 9.59. The van der Waals surface area contributed by atoms with Gasteiger partial charge in [0.1, 0.15) is 0 Å². The molecule has 20 heavy (non-hydrogen) atoms. The number of carboxylic acid groups (broad SMARTS) is 1. The lowest BCUT2D eigenvalue weighted by Crippen LogP contribution is -2.46. The van der Waals surface area contributed by atoms with Crippen LogP contribution in [-0.4, -0.2) is 22.1 Å². The molecule has 1 fully saturated rings. The second kappa shape index (κ2) is 5.05. The monoisotopic (exact) mass is 290 g/mol. The quantitative estimate of drug-likeness (QED) is 0.904. The van der Waals surface area contributed by atoms with Gasteiger partial charge in [-0.2, -0.15) is 0 Å². The van der Waals surface area contributed by atoms with Crippen LogP contribution in [0.15, 0.2) is 24.3 Å². The van der Waals surface area contributed by atoms with E-state index in [2.05, 4.69) is 10.3 Å². The molecule has 0 saturated heterocycles. The molecular formula is C15H18N2O2S. The number of para-hydroxylation sites is 1. The first kappa shape index (κ1) is 13.4. The van der Waals surface area contributed by atoms with E-state index in [1.807, 2.05) is 31.2 Å². The van der Waals surface area contributed by atoms with E-state index in [1.165, 1.54) is 0 Å². The van der Waals surface area contributed by atoms with E-state index in [4.69, 9.17) is 0 Å². The van der Waals surface area contributed by atoms with Gasteiger partial charge in [-0.1, -0.05) is 36.3 Å². The maximum Gasteiger partial charge on any atom is 0.311 e. The predicted molar refractivity (Wildman–Crippen MR) is 81.2 cm³/mol. The molecule has 2 N–H and O–H groups in total. The Kier molecular flexibility index (Phi) is 3.38. The van der Waals surface area contributed by atoms with E-state index < -0.39 is 11.4 Å². The van der Waals surface area contributed by atoms with Crippen molar-refractivity contribution in [3.8, 4) is 0 Å². The minimum atomic E-state index is -0.712. The van der Waals surface area contributed by atoms with Crippen molar-refractivity contribution in [2.75, 3.05) is 5.32 Å². The van der Waals surface area contributed by atoms with Crippen LogP contribution < -0.4 is 5.32 Å². The van der Waals surface area contributed by atoms with Gasteiger partial charge in [0.2, 0.25) is 0 Å². The van der Waals surface area contributed by atoms with E-state index in [9.17, 15) is 9.90 Å². The molecule has 3 rings (SSSR count). The van der Waals surface area contributed by atoms with Crippen LogP contribution in [-0.2, 0) is 4.79 Å². The van der Waals surface area contributed by atoms with Crippen LogP contribution in [0.2, 0.25) is 0 Å². The summed E-state index contributed by atoms with van der Waals surface area (Å²) < 4.78 is 1.13. The molecule has 1 aliphatic rings. The fourth-order valence-electron chi connectivity index (χ4n) is 2.90. The van der Waals surface area contributed by atoms with E-state index in [-0.39, 0.29) is 6.04 Å². The molecule has 106 valence electrons. The fourth-order valence-corrected chi connectivity index (χ4v) is 3.82. The molecule has 1 saturated carbocycles. The molecule has 2 aromatic rings. The lowest BCUT2D eigenvalue weighted by atomic mass is 9.72. The summed E-state index contributed by atoms with van der Waals surface area (Å²) in [4.78, 5) is 16.1. The first-order valence-electron chi connectivity index (χ1n) is 6.95. The lowest BCUT2D eigenvalue weighted by molar-refractivity contribution is -0.150. The summed E-state index contributed by atoms with van der Waals surface area (Å²) in [6.45, 7) is 1.85. The largest absolute Gasteiger partial charge is 0.481 e.